The maximum atomic E-state index is 12.2. The Bertz CT molecular complexity index is 565. The maximum Gasteiger partial charge on any atom is 0.242 e. The fourth-order valence-corrected chi connectivity index (χ4v) is 3.25. The number of carbonyl (C=O) groups is 2. The molecule has 1 heterocycles. The van der Waals surface area contributed by atoms with Crippen LogP contribution in [0.3, 0.4) is 0 Å². The van der Waals surface area contributed by atoms with Crippen molar-refractivity contribution >= 4 is 11.8 Å². The molecule has 5 nitrogen and oxygen atoms in total. The normalized spacial score (nSPS) is 18.0. The van der Waals surface area contributed by atoms with E-state index in [1.807, 2.05) is 12.1 Å². The molecule has 1 aliphatic rings. The minimum absolute atomic E-state index is 0.102. The first-order chi connectivity index (χ1) is 10.9. The van der Waals surface area contributed by atoms with E-state index in [0.29, 0.717) is 19.8 Å². The summed E-state index contributed by atoms with van der Waals surface area (Å²) in [6.45, 7) is 7.17. The number of aryl methyl sites for hydroxylation is 1. The van der Waals surface area contributed by atoms with Crippen molar-refractivity contribution in [2.24, 2.45) is 0 Å². The van der Waals surface area contributed by atoms with Gasteiger partial charge in [-0.05, 0) is 37.8 Å². The average Bonchev–Trinajstić information content (AvgIpc) is 2.53. The summed E-state index contributed by atoms with van der Waals surface area (Å²) in [6.07, 6.45) is 1.76. The van der Waals surface area contributed by atoms with Crippen LogP contribution in [0.15, 0.2) is 24.3 Å². The minimum Gasteiger partial charge on any atom is -0.381 e. The first-order valence-electron chi connectivity index (χ1n) is 8.13. The molecule has 2 rings (SSSR count). The van der Waals surface area contributed by atoms with Crippen molar-refractivity contribution in [3.05, 3.63) is 35.4 Å². The molecule has 1 aromatic carbocycles. The van der Waals surface area contributed by atoms with E-state index in [0.717, 1.165) is 12.8 Å². The van der Waals surface area contributed by atoms with Gasteiger partial charge < -0.3 is 15.4 Å². The SMILES string of the molecule is CC(=O)NC(C)C(=O)NCC1(c2ccccc2C)CCOCC1. The van der Waals surface area contributed by atoms with E-state index < -0.39 is 6.04 Å². The van der Waals surface area contributed by atoms with Crippen LogP contribution in [0.2, 0.25) is 0 Å². The Morgan fingerprint density at radius 3 is 2.52 bits per heavy atom. The van der Waals surface area contributed by atoms with Gasteiger partial charge in [-0.2, -0.15) is 0 Å². The Hall–Kier alpha value is -1.88. The third kappa shape index (κ3) is 4.32. The lowest BCUT2D eigenvalue weighted by Crippen LogP contribution is -2.50. The van der Waals surface area contributed by atoms with Gasteiger partial charge in [0.05, 0.1) is 0 Å². The summed E-state index contributed by atoms with van der Waals surface area (Å²) in [7, 11) is 0. The molecule has 1 atom stereocenters. The van der Waals surface area contributed by atoms with E-state index in [9.17, 15) is 9.59 Å². The Labute approximate surface area is 137 Å². The van der Waals surface area contributed by atoms with Crippen molar-refractivity contribution < 1.29 is 14.3 Å². The van der Waals surface area contributed by atoms with Crippen LogP contribution in [0.4, 0.5) is 0 Å². The van der Waals surface area contributed by atoms with Crippen molar-refractivity contribution in [1.29, 1.82) is 0 Å². The van der Waals surface area contributed by atoms with Gasteiger partial charge in [-0.1, -0.05) is 24.3 Å². The Balaban J connectivity index is 2.12. The van der Waals surface area contributed by atoms with Gasteiger partial charge in [-0.15, -0.1) is 0 Å². The van der Waals surface area contributed by atoms with Gasteiger partial charge in [0.2, 0.25) is 11.8 Å². The first-order valence-corrected chi connectivity index (χ1v) is 8.13. The topological polar surface area (TPSA) is 67.4 Å². The number of nitrogens with one attached hydrogen (secondary N) is 2. The molecule has 1 unspecified atom stereocenters. The highest BCUT2D eigenvalue weighted by Gasteiger charge is 2.36. The number of amides is 2. The van der Waals surface area contributed by atoms with Crippen molar-refractivity contribution in [2.45, 2.75) is 45.1 Å². The molecule has 0 saturated carbocycles. The molecule has 0 spiro atoms. The van der Waals surface area contributed by atoms with Crippen LogP contribution >= 0.6 is 0 Å². The largest absolute Gasteiger partial charge is 0.381 e. The van der Waals surface area contributed by atoms with Crippen LogP contribution in [0.1, 0.15) is 37.8 Å². The van der Waals surface area contributed by atoms with Crippen molar-refractivity contribution in [2.75, 3.05) is 19.8 Å². The molecule has 1 saturated heterocycles. The number of rotatable bonds is 5. The average molecular weight is 318 g/mol. The van der Waals surface area contributed by atoms with E-state index in [2.05, 4.69) is 29.7 Å². The smallest absolute Gasteiger partial charge is 0.242 e. The van der Waals surface area contributed by atoms with Crippen LogP contribution in [0.5, 0.6) is 0 Å². The second-order valence-electron chi connectivity index (χ2n) is 6.35. The summed E-state index contributed by atoms with van der Waals surface area (Å²) >= 11 is 0. The Kier molecular flexibility index (Phi) is 5.77. The van der Waals surface area contributed by atoms with Gasteiger partial charge in [-0.25, -0.2) is 0 Å². The molecule has 23 heavy (non-hydrogen) atoms. The van der Waals surface area contributed by atoms with Crippen LogP contribution in [0.25, 0.3) is 0 Å². The standard InChI is InChI=1S/C18H26N2O3/c1-13-6-4-5-7-16(13)18(8-10-23-11-9-18)12-19-17(22)14(2)20-15(3)21/h4-7,14H,8-12H2,1-3H3,(H,19,22)(H,20,21). The summed E-state index contributed by atoms with van der Waals surface area (Å²) in [6, 6.07) is 7.80. The molecule has 2 N–H and O–H groups in total. The fraction of sp³-hybridized carbons (Fsp3) is 0.556. The quantitative estimate of drug-likeness (QED) is 0.868. The maximum absolute atomic E-state index is 12.2. The number of benzene rings is 1. The monoisotopic (exact) mass is 318 g/mol. The molecular weight excluding hydrogens is 292 g/mol. The van der Waals surface area contributed by atoms with Crippen molar-refractivity contribution in [3.8, 4) is 0 Å². The molecular formula is C18H26N2O3. The summed E-state index contributed by atoms with van der Waals surface area (Å²) in [5.41, 5.74) is 2.41. The second kappa shape index (κ2) is 7.59. The van der Waals surface area contributed by atoms with E-state index in [1.54, 1.807) is 6.92 Å². The predicted molar refractivity (Wildman–Crippen MR) is 89.2 cm³/mol. The third-order valence-electron chi connectivity index (χ3n) is 4.58. The van der Waals surface area contributed by atoms with Crippen molar-refractivity contribution in [3.63, 3.8) is 0 Å². The fourth-order valence-electron chi connectivity index (χ4n) is 3.25. The van der Waals surface area contributed by atoms with Crippen LogP contribution in [-0.2, 0) is 19.7 Å². The Morgan fingerprint density at radius 2 is 1.91 bits per heavy atom. The molecule has 0 bridgehead atoms. The summed E-state index contributed by atoms with van der Waals surface area (Å²) in [4.78, 5) is 23.3. The zero-order valence-corrected chi connectivity index (χ0v) is 14.1. The molecule has 126 valence electrons. The Morgan fingerprint density at radius 1 is 1.26 bits per heavy atom. The molecule has 0 aliphatic carbocycles. The van der Waals surface area contributed by atoms with Crippen LogP contribution < -0.4 is 10.6 Å². The lowest BCUT2D eigenvalue weighted by atomic mass is 9.72. The van der Waals surface area contributed by atoms with E-state index in [1.165, 1.54) is 18.1 Å². The highest BCUT2D eigenvalue weighted by molar-refractivity contribution is 5.86. The highest BCUT2D eigenvalue weighted by atomic mass is 16.5. The van der Waals surface area contributed by atoms with E-state index in [-0.39, 0.29) is 17.2 Å². The van der Waals surface area contributed by atoms with Gasteiger partial charge in [-0.3, -0.25) is 9.59 Å². The molecule has 1 aromatic rings. The molecule has 0 aromatic heterocycles. The van der Waals surface area contributed by atoms with E-state index >= 15 is 0 Å². The molecule has 2 amide bonds. The van der Waals surface area contributed by atoms with Crippen LogP contribution in [0, 0.1) is 6.92 Å². The van der Waals surface area contributed by atoms with E-state index in [4.69, 9.17) is 4.74 Å². The number of hydrogen-bond acceptors (Lipinski definition) is 3. The first kappa shape index (κ1) is 17.5. The van der Waals surface area contributed by atoms with Gasteiger partial charge >= 0.3 is 0 Å². The molecule has 0 radical (unpaired) electrons. The summed E-state index contributed by atoms with van der Waals surface area (Å²) in [5, 5.41) is 5.63. The number of ether oxygens (including phenoxy) is 1. The summed E-state index contributed by atoms with van der Waals surface area (Å²) < 4.78 is 5.52. The lowest BCUT2D eigenvalue weighted by Gasteiger charge is -2.39. The molecule has 1 aliphatic heterocycles. The third-order valence-corrected chi connectivity index (χ3v) is 4.58. The van der Waals surface area contributed by atoms with Gasteiger partial charge in [0.1, 0.15) is 6.04 Å². The highest BCUT2D eigenvalue weighted by Crippen LogP contribution is 2.36. The van der Waals surface area contributed by atoms with Crippen molar-refractivity contribution in [1.82, 2.24) is 10.6 Å². The van der Waals surface area contributed by atoms with Gasteiger partial charge in [0, 0.05) is 32.1 Å². The molecule has 1 fully saturated rings. The van der Waals surface area contributed by atoms with Gasteiger partial charge in [0.25, 0.3) is 0 Å². The second-order valence-corrected chi connectivity index (χ2v) is 6.35. The zero-order valence-electron chi connectivity index (χ0n) is 14.1. The minimum atomic E-state index is -0.527. The van der Waals surface area contributed by atoms with Crippen LogP contribution in [-0.4, -0.2) is 37.6 Å². The van der Waals surface area contributed by atoms with Gasteiger partial charge in [0.15, 0.2) is 0 Å². The number of hydrogen-bond donors (Lipinski definition) is 2. The summed E-state index contributed by atoms with van der Waals surface area (Å²) in [5.74, 6) is -0.355. The zero-order chi connectivity index (χ0) is 16.9. The lowest BCUT2D eigenvalue weighted by molar-refractivity contribution is -0.127. The number of carbonyl (C=O) groups excluding carboxylic acids is 2. The predicted octanol–water partition coefficient (Wildman–Crippen LogP) is 1.68. The molecule has 5 heteroatoms.